The number of aryl methyl sites for hydroxylation is 1. The molecule has 1 atom stereocenters. The van der Waals surface area contributed by atoms with E-state index < -0.39 is 38.6 Å². The van der Waals surface area contributed by atoms with Crippen molar-refractivity contribution in [1.82, 2.24) is 4.31 Å². The molecule has 0 spiro atoms. The van der Waals surface area contributed by atoms with Crippen molar-refractivity contribution in [2.45, 2.75) is 24.0 Å². The molecule has 1 aliphatic heterocycles. The summed E-state index contributed by atoms with van der Waals surface area (Å²) in [6.07, 6.45) is -4.78. The predicted octanol–water partition coefficient (Wildman–Crippen LogP) is 3.35. The lowest BCUT2D eigenvalue weighted by molar-refractivity contribution is -0.384. The molecule has 1 aliphatic rings. The summed E-state index contributed by atoms with van der Waals surface area (Å²) in [6.45, 7) is 0.958. The molecule has 1 unspecified atom stereocenters. The topological polar surface area (TPSA) is 83.8 Å². The van der Waals surface area contributed by atoms with E-state index in [0.29, 0.717) is 9.99 Å². The number of nitro groups is 1. The molecule has 3 rings (SSSR count). The van der Waals surface area contributed by atoms with E-state index in [9.17, 15) is 31.7 Å². The molecular weight excluding hydrogens is 411 g/mol. The molecule has 0 aromatic heterocycles. The minimum atomic E-state index is -4.78. The summed E-state index contributed by atoms with van der Waals surface area (Å²) in [5, 5.41) is 10.7. The van der Waals surface area contributed by atoms with Crippen LogP contribution in [0.15, 0.2) is 53.4 Å². The molecule has 0 aliphatic carbocycles. The summed E-state index contributed by atoms with van der Waals surface area (Å²) < 4.78 is 67.5. The molecule has 1 heterocycles. The number of halogens is 3. The largest absolute Gasteiger partial charge is 0.406 e. The molecule has 0 amide bonds. The van der Waals surface area contributed by atoms with Crippen LogP contribution < -0.4 is 4.90 Å². The molecule has 2 aromatic rings. The molecule has 7 nitrogen and oxygen atoms in total. The van der Waals surface area contributed by atoms with Gasteiger partial charge in [0.1, 0.15) is 6.04 Å². The number of para-hydroxylation sites is 1. The van der Waals surface area contributed by atoms with Crippen LogP contribution in [0.25, 0.3) is 0 Å². The van der Waals surface area contributed by atoms with E-state index in [1.54, 1.807) is 31.2 Å². The average molecular weight is 429 g/mol. The van der Waals surface area contributed by atoms with Gasteiger partial charge in [-0.2, -0.15) is 17.5 Å². The third kappa shape index (κ3) is 4.20. The van der Waals surface area contributed by atoms with Crippen LogP contribution in [0.2, 0.25) is 0 Å². The number of non-ortho nitro benzene ring substituents is 1. The highest BCUT2D eigenvalue weighted by molar-refractivity contribution is 7.89. The number of piperazine rings is 1. The van der Waals surface area contributed by atoms with Gasteiger partial charge in [0, 0.05) is 37.5 Å². The summed E-state index contributed by atoms with van der Waals surface area (Å²) in [4.78, 5) is 11.1. The van der Waals surface area contributed by atoms with Crippen LogP contribution in [-0.4, -0.2) is 49.5 Å². The minimum Gasteiger partial charge on any atom is -0.368 e. The highest BCUT2D eigenvalue weighted by atomic mass is 32.2. The van der Waals surface area contributed by atoms with Crippen molar-refractivity contribution in [2.75, 3.05) is 24.5 Å². The number of nitrogens with zero attached hydrogens (tertiary/aromatic N) is 3. The van der Waals surface area contributed by atoms with E-state index in [1.165, 1.54) is 4.90 Å². The Morgan fingerprint density at radius 1 is 1.07 bits per heavy atom. The highest BCUT2D eigenvalue weighted by Crippen LogP contribution is 2.34. The Balaban J connectivity index is 1.94. The Morgan fingerprint density at radius 3 is 2.24 bits per heavy atom. The molecule has 0 saturated carbocycles. The smallest absolute Gasteiger partial charge is 0.368 e. The van der Waals surface area contributed by atoms with E-state index in [0.717, 1.165) is 29.8 Å². The van der Waals surface area contributed by atoms with Crippen molar-refractivity contribution >= 4 is 21.4 Å². The molecular formula is C18H18F3N3O4S. The van der Waals surface area contributed by atoms with E-state index in [2.05, 4.69) is 0 Å². The summed E-state index contributed by atoms with van der Waals surface area (Å²) in [6, 6.07) is 8.54. The van der Waals surface area contributed by atoms with Gasteiger partial charge >= 0.3 is 6.18 Å². The maximum absolute atomic E-state index is 13.8. The van der Waals surface area contributed by atoms with E-state index in [1.807, 2.05) is 0 Å². The summed E-state index contributed by atoms with van der Waals surface area (Å²) in [5.74, 6) is 0. The van der Waals surface area contributed by atoms with Crippen LogP contribution in [0.4, 0.5) is 24.5 Å². The van der Waals surface area contributed by atoms with Crippen molar-refractivity contribution in [3.8, 4) is 0 Å². The third-order valence-corrected chi connectivity index (χ3v) is 6.74. The first-order valence-corrected chi connectivity index (χ1v) is 10.1. The lowest BCUT2D eigenvalue weighted by Crippen LogP contribution is -2.60. The number of benzene rings is 2. The van der Waals surface area contributed by atoms with Crippen LogP contribution in [0, 0.1) is 17.0 Å². The fourth-order valence-electron chi connectivity index (χ4n) is 3.33. The second-order valence-corrected chi connectivity index (χ2v) is 8.55. The zero-order valence-corrected chi connectivity index (χ0v) is 16.2. The number of hydrogen-bond acceptors (Lipinski definition) is 5. The van der Waals surface area contributed by atoms with Gasteiger partial charge in [0.05, 0.1) is 9.82 Å². The van der Waals surface area contributed by atoms with Crippen LogP contribution in [-0.2, 0) is 10.0 Å². The maximum Gasteiger partial charge on any atom is 0.406 e. The molecule has 29 heavy (non-hydrogen) atoms. The van der Waals surface area contributed by atoms with Crippen molar-refractivity contribution in [3.05, 3.63) is 64.2 Å². The highest BCUT2D eigenvalue weighted by Gasteiger charge is 2.51. The van der Waals surface area contributed by atoms with Gasteiger partial charge in [-0.1, -0.05) is 18.2 Å². The van der Waals surface area contributed by atoms with Gasteiger partial charge in [0.15, 0.2) is 0 Å². The van der Waals surface area contributed by atoms with Gasteiger partial charge < -0.3 is 4.90 Å². The Morgan fingerprint density at radius 2 is 1.69 bits per heavy atom. The lowest BCUT2D eigenvalue weighted by atomic mass is 10.1. The normalized spacial score (nSPS) is 18.6. The maximum atomic E-state index is 13.8. The van der Waals surface area contributed by atoms with Gasteiger partial charge in [0.25, 0.3) is 5.69 Å². The zero-order valence-electron chi connectivity index (χ0n) is 15.3. The van der Waals surface area contributed by atoms with Crippen LogP contribution in [0.1, 0.15) is 5.56 Å². The van der Waals surface area contributed by atoms with E-state index >= 15 is 0 Å². The standard InChI is InChI=1S/C18H18F3N3O4S/c1-13-4-2-3-5-16(13)22-10-11-23(17(12-22)18(19,20)21)29(27,28)15-8-6-14(7-9-15)24(25)26/h2-9,17H,10-12H2,1H3. The first-order valence-electron chi connectivity index (χ1n) is 8.65. The SMILES string of the molecule is Cc1ccccc1N1CCN(S(=O)(=O)c2ccc([N+](=O)[O-])cc2)C(C(F)(F)F)C1. The van der Waals surface area contributed by atoms with Crippen LogP contribution >= 0.6 is 0 Å². The first kappa shape index (κ1) is 21.1. The number of alkyl halides is 3. The fraction of sp³-hybridized carbons (Fsp3) is 0.333. The van der Waals surface area contributed by atoms with Gasteiger partial charge in [-0.25, -0.2) is 8.42 Å². The van der Waals surface area contributed by atoms with Gasteiger partial charge in [-0.05, 0) is 30.7 Å². The Bertz CT molecular complexity index is 1010. The Kier molecular flexibility index (Phi) is 5.54. The summed E-state index contributed by atoms with van der Waals surface area (Å²) in [7, 11) is -4.49. The summed E-state index contributed by atoms with van der Waals surface area (Å²) in [5.41, 5.74) is 1.06. The monoisotopic (exact) mass is 429 g/mol. The van der Waals surface area contributed by atoms with Gasteiger partial charge in [-0.3, -0.25) is 10.1 Å². The average Bonchev–Trinajstić information content (AvgIpc) is 2.67. The molecule has 1 saturated heterocycles. The first-order chi connectivity index (χ1) is 13.5. The van der Waals surface area contributed by atoms with Crippen molar-refractivity contribution in [3.63, 3.8) is 0 Å². The number of anilines is 1. The molecule has 0 bridgehead atoms. The quantitative estimate of drug-likeness (QED) is 0.550. The van der Waals surface area contributed by atoms with Crippen LogP contribution in [0.3, 0.4) is 0 Å². The number of hydrogen-bond donors (Lipinski definition) is 0. The molecule has 0 radical (unpaired) electrons. The molecule has 1 fully saturated rings. The van der Waals surface area contributed by atoms with Gasteiger partial charge in [-0.15, -0.1) is 0 Å². The van der Waals surface area contributed by atoms with Crippen LogP contribution in [0.5, 0.6) is 0 Å². The lowest BCUT2D eigenvalue weighted by Gasteiger charge is -2.42. The second kappa shape index (κ2) is 7.64. The molecule has 0 N–H and O–H groups in total. The van der Waals surface area contributed by atoms with E-state index in [4.69, 9.17) is 0 Å². The van der Waals surface area contributed by atoms with E-state index in [-0.39, 0.29) is 18.8 Å². The van der Waals surface area contributed by atoms with Gasteiger partial charge in [0.2, 0.25) is 10.0 Å². The zero-order chi connectivity index (χ0) is 21.4. The fourth-order valence-corrected chi connectivity index (χ4v) is 4.93. The number of sulfonamides is 1. The van der Waals surface area contributed by atoms with Crippen molar-refractivity contribution < 1.29 is 26.5 Å². The second-order valence-electron chi connectivity index (χ2n) is 6.66. The summed E-state index contributed by atoms with van der Waals surface area (Å²) >= 11 is 0. The molecule has 11 heteroatoms. The van der Waals surface area contributed by atoms with Crippen molar-refractivity contribution in [2.24, 2.45) is 0 Å². The number of rotatable bonds is 4. The molecule has 156 valence electrons. The Labute approximate surface area is 165 Å². The predicted molar refractivity (Wildman–Crippen MR) is 100 cm³/mol. The molecule has 2 aromatic carbocycles. The Hall–Kier alpha value is -2.66. The third-order valence-electron chi connectivity index (χ3n) is 4.82. The van der Waals surface area contributed by atoms with Crippen molar-refractivity contribution in [1.29, 1.82) is 0 Å². The number of nitro benzene ring substituents is 1. The minimum absolute atomic E-state index is 0.0869.